The number of amides is 1. The quantitative estimate of drug-likeness (QED) is 0.777. The number of aromatic nitrogens is 1. The van der Waals surface area contributed by atoms with E-state index in [1.54, 1.807) is 0 Å². The average molecular weight is 415 g/mol. The molecule has 0 saturated carbocycles. The van der Waals surface area contributed by atoms with Gasteiger partial charge >= 0.3 is 6.36 Å². The van der Waals surface area contributed by atoms with Crippen molar-refractivity contribution in [2.45, 2.75) is 32.2 Å². The van der Waals surface area contributed by atoms with Crippen molar-refractivity contribution < 1.29 is 27.4 Å². The number of alkyl halides is 3. The van der Waals surface area contributed by atoms with E-state index in [-0.39, 0.29) is 24.3 Å². The van der Waals surface area contributed by atoms with Crippen LogP contribution in [0, 0.1) is 6.92 Å². The van der Waals surface area contributed by atoms with Crippen LogP contribution in [0.3, 0.4) is 0 Å². The van der Waals surface area contributed by atoms with Crippen LogP contribution in [0.15, 0.2) is 29.6 Å². The van der Waals surface area contributed by atoms with E-state index in [4.69, 9.17) is 4.74 Å². The molecule has 1 fully saturated rings. The zero-order valence-electron chi connectivity index (χ0n) is 15.2. The smallest absolute Gasteiger partial charge is 0.490 e. The maximum absolute atomic E-state index is 12.2. The van der Waals surface area contributed by atoms with Crippen LogP contribution in [0.1, 0.15) is 18.5 Å². The number of carbonyl (C=O) groups is 1. The molecule has 6 nitrogen and oxygen atoms in total. The fourth-order valence-corrected chi connectivity index (χ4v) is 3.58. The molecule has 0 aliphatic carbocycles. The van der Waals surface area contributed by atoms with E-state index < -0.39 is 6.36 Å². The van der Waals surface area contributed by atoms with E-state index in [1.807, 2.05) is 17.2 Å². The summed E-state index contributed by atoms with van der Waals surface area (Å²) >= 11 is 1.39. The summed E-state index contributed by atoms with van der Waals surface area (Å²) < 4.78 is 46.2. The van der Waals surface area contributed by atoms with Crippen LogP contribution < -0.4 is 14.8 Å². The highest BCUT2D eigenvalue weighted by Gasteiger charge is 2.31. The van der Waals surface area contributed by atoms with Gasteiger partial charge in [-0.25, -0.2) is 4.98 Å². The van der Waals surface area contributed by atoms with Gasteiger partial charge < -0.3 is 14.8 Å². The second kappa shape index (κ2) is 8.78. The van der Waals surface area contributed by atoms with Gasteiger partial charge in [-0.1, -0.05) is 0 Å². The predicted molar refractivity (Wildman–Crippen MR) is 98.7 cm³/mol. The van der Waals surface area contributed by atoms with E-state index in [0.29, 0.717) is 24.0 Å². The number of piperidine rings is 1. The molecule has 152 valence electrons. The lowest BCUT2D eigenvalue weighted by atomic mass is 10.1. The maximum atomic E-state index is 12.2. The number of likely N-dealkylation sites (tertiary alicyclic amines) is 1. The second-order valence-corrected chi connectivity index (χ2v) is 7.31. The Morgan fingerprint density at radius 3 is 2.46 bits per heavy atom. The van der Waals surface area contributed by atoms with Crippen LogP contribution in [0.2, 0.25) is 0 Å². The Bertz CT molecular complexity index is 787. The van der Waals surface area contributed by atoms with Gasteiger partial charge in [-0.15, -0.1) is 24.5 Å². The molecule has 10 heteroatoms. The highest BCUT2D eigenvalue weighted by molar-refractivity contribution is 7.13. The molecular formula is C18H20F3N3O3S. The summed E-state index contributed by atoms with van der Waals surface area (Å²) in [5, 5.41) is 5.26. The summed E-state index contributed by atoms with van der Waals surface area (Å²) in [7, 11) is 0. The second-order valence-electron chi connectivity index (χ2n) is 6.45. The standard InChI is InChI=1S/C18H20F3N3O3S/c1-12-11-28-17(22-12)23-16(25)10-24-8-6-14(7-9-24)26-13-2-4-15(5-3-13)27-18(19,20)21/h2-5,11,14H,6-10H2,1H3,(H,22,23,25). The Kier molecular flexibility index (Phi) is 6.40. The van der Waals surface area contributed by atoms with E-state index >= 15 is 0 Å². The molecule has 2 heterocycles. The number of carbonyl (C=O) groups excluding carboxylic acids is 1. The Morgan fingerprint density at radius 1 is 1.25 bits per heavy atom. The molecule has 0 unspecified atom stereocenters. The van der Waals surface area contributed by atoms with Gasteiger partial charge in [0.1, 0.15) is 17.6 Å². The van der Waals surface area contributed by atoms with Crippen LogP contribution in [-0.2, 0) is 4.79 Å². The minimum Gasteiger partial charge on any atom is -0.490 e. The van der Waals surface area contributed by atoms with E-state index in [1.165, 1.54) is 35.6 Å². The number of nitrogens with zero attached hydrogens (tertiary/aromatic N) is 2. The fraction of sp³-hybridized carbons (Fsp3) is 0.444. The highest BCUT2D eigenvalue weighted by atomic mass is 32.1. The average Bonchev–Trinajstić information content (AvgIpc) is 3.02. The number of thiazole rings is 1. The zero-order chi connectivity index (χ0) is 20.1. The molecule has 3 rings (SSSR count). The van der Waals surface area contributed by atoms with Crippen molar-refractivity contribution in [2.24, 2.45) is 0 Å². The molecule has 0 atom stereocenters. The first-order valence-corrected chi connectivity index (χ1v) is 9.61. The normalized spacial score (nSPS) is 16.0. The predicted octanol–water partition coefficient (Wildman–Crippen LogP) is 3.83. The van der Waals surface area contributed by atoms with Crippen molar-refractivity contribution in [3.05, 3.63) is 35.3 Å². The summed E-state index contributed by atoms with van der Waals surface area (Å²) in [5.41, 5.74) is 0.872. The lowest BCUT2D eigenvalue weighted by molar-refractivity contribution is -0.274. The SMILES string of the molecule is Cc1csc(NC(=O)CN2CCC(Oc3ccc(OC(F)(F)F)cc3)CC2)n1. The first-order chi connectivity index (χ1) is 13.3. The van der Waals surface area contributed by atoms with Gasteiger partial charge in [0.05, 0.1) is 12.2 Å². The minimum atomic E-state index is -4.71. The lowest BCUT2D eigenvalue weighted by Gasteiger charge is -2.31. The Labute approximate surface area is 164 Å². The molecule has 1 aromatic carbocycles. The van der Waals surface area contributed by atoms with Gasteiger partial charge in [0.25, 0.3) is 0 Å². The van der Waals surface area contributed by atoms with Crippen molar-refractivity contribution in [3.63, 3.8) is 0 Å². The summed E-state index contributed by atoms with van der Waals surface area (Å²) in [5.74, 6) is 0.106. The first kappa shape index (κ1) is 20.4. The monoisotopic (exact) mass is 415 g/mol. The van der Waals surface area contributed by atoms with Gasteiger partial charge in [-0.05, 0) is 44.0 Å². The molecule has 1 aliphatic heterocycles. The van der Waals surface area contributed by atoms with E-state index in [0.717, 1.165) is 18.5 Å². The summed E-state index contributed by atoms with van der Waals surface area (Å²) in [6, 6.07) is 5.36. The lowest BCUT2D eigenvalue weighted by Crippen LogP contribution is -2.42. The van der Waals surface area contributed by atoms with Crippen molar-refractivity contribution >= 4 is 22.4 Å². The molecule has 0 spiro atoms. The van der Waals surface area contributed by atoms with E-state index in [9.17, 15) is 18.0 Å². The zero-order valence-corrected chi connectivity index (χ0v) is 16.0. The van der Waals surface area contributed by atoms with Gasteiger partial charge in [-0.2, -0.15) is 0 Å². The third-order valence-electron chi connectivity index (χ3n) is 4.13. The molecule has 1 amide bonds. The summed E-state index contributed by atoms with van der Waals surface area (Å²) in [6.07, 6.45) is -3.30. The van der Waals surface area contributed by atoms with Gasteiger partial charge in [0.15, 0.2) is 5.13 Å². The maximum Gasteiger partial charge on any atom is 0.573 e. The van der Waals surface area contributed by atoms with Gasteiger partial charge in [0, 0.05) is 18.5 Å². The van der Waals surface area contributed by atoms with Gasteiger partial charge in [-0.3, -0.25) is 9.69 Å². The Hall–Kier alpha value is -2.33. The van der Waals surface area contributed by atoms with Crippen LogP contribution >= 0.6 is 11.3 Å². The number of hydrogen-bond donors (Lipinski definition) is 1. The third-order valence-corrected chi connectivity index (χ3v) is 5.00. The molecule has 1 saturated heterocycles. The summed E-state index contributed by atoms with van der Waals surface area (Å²) in [4.78, 5) is 18.3. The summed E-state index contributed by atoms with van der Waals surface area (Å²) in [6.45, 7) is 3.55. The molecule has 2 aromatic rings. The number of hydrogen-bond acceptors (Lipinski definition) is 6. The largest absolute Gasteiger partial charge is 0.573 e. The number of ether oxygens (including phenoxy) is 2. The Morgan fingerprint density at radius 2 is 1.89 bits per heavy atom. The van der Waals surface area contributed by atoms with Crippen LogP contribution in [0.4, 0.5) is 18.3 Å². The molecule has 28 heavy (non-hydrogen) atoms. The number of aryl methyl sites for hydroxylation is 1. The van der Waals surface area contributed by atoms with Crippen molar-refractivity contribution in [2.75, 3.05) is 25.0 Å². The highest BCUT2D eigenvalue weighted by Crippen LogP contribution is 2.26. The van der Waals surface area contributed by atoms with Crippen molar-refractivity contribution in [1.29, 1.82) is 0 Å². The third kappa shape index (κ3) is 6.38. The number of halogens is 3. The van der Waals surface area contributed by atoms with Crippen molar-refractivity contribution in [3.8, 4) is 11.5 Å². The van der Waals surface area contributed by atoms with Crippen LogP contribution in [0.25, 0.3) is 0 Å². The topological polar surface area (TPSA) is 63.7 Å². The number of rotatable bonds is 6. The van der Waals surface area contributed by atoms with E-state index in [2.05, 4.69) is 15.0 Å². The van der Waals surface area contributed by atoms with Crippen LogP contribution in [0.5, 0.6) is 11.5 Å². The number of nitrogens with one attached hydrogen (secondary N) is 1. The minimum absolute atomic E-state index is 0.0460. The number of benzene rings is 1. The molecule has 1 N–H and O–H groups in total. The van der Waals surface area contributed by atoms with Gasteiger partial charge in [0.2, 0.25) is 5.91 Å². The Balaban J connectivity index is 1.40. The first-order valence-electron chi connectivity index (χ1n) is 8.73. The van der Waals surface area contributed by atoms with Crippen molar-refractivity contribution in [1.82, 2.24) is 9.88 Å². The fourth-order valence-electron chi connectivity index (χ4n) is 2.87. The molecule has 0 radical (unpaired) electrons. The molecule has 0 bridgehead atoms. The molecule has 1 aromatic heterocycles. The molecule has 1 aliphatic rings. The number of anilines is 1. The molecular weight excluding hydrogens is 395 g/mol. The van der Waals surface area contributed by atoms with Crippen LogP contribution in [-0.4, -0.2) is 47.9 Å².